The van der Waals surface area contributed by atoms with E-state index in [9.17, 15) is 0 Å². The fraction of sp³-hybridized carbons (Fsp3) is 0.538. The van der Waals surface area contributed by atoms with Gasteiger partial charge in [-0.3, -0.25) is 4.98 Å². The lowest BCUT2D eigenvalue weighted by molar-refractivity contribution is 0.372. The zero-order valence-corrected chi connectivity index (χ0v) is 11.8. The number of thiocarbonyl (C=S) groups is 1. The van der Waals surface area contributed by atoms with Crippen molar-refractivity contribution >= 4 is 22.9 Å². The van der Waals surface area contributed by atoms with Gasteiger partial charge in [-0.25, -0.2) is 0 Å². The summed E-state index contributed by atoms with van der Waals surface area (Å²) in [5.41, 5.74) is 7.59. The quantitative estimate of drug-likeness (QED) is 0.829. The predicted molar refractivity (Wildman–Crippen MR) is 79.0 cm³/mol. The molecule has 1 atom stereocenters. The molecule has 0 amide bonds. The Kier molecular flexibility index (Phi) is 4.14. The smallest absolute Gasteiger partial charge is 0.124 e. The van der Waals surface area contributed by atoms with Gasteiger partial charge >= 0.3 is 0 Å². The Morgan fingerprint density at radius 1 is 1.61 bits per heavy atom. The molecule has 0 saturated carbocycles. The van der Waals surface area contributed by atoms with Crippen LogP contribution in [0.15, 0.2) is 18.3 Å². The zero-order chi connectivity index (χ0) is 13.1. The van der Waals surface area contributed by atoms with Crippen molar-refractivity contribution in [1.82, 2.24) is 9.88 Å². The highest BCUT2D eigenvalue weighted by Gasteiger charge is 2.27. The van der Waals surface area contributed by atoms with E-state index in [2.05, 4.69) is 34.9 Å². The van der Waals surface area contributed by atoms with Crippen molar-refractivity contribution < 1.29 is 0 Å². The molecule has 1 aliphatic heterocycles. The highest BCUT2D eigenvalue weighted by molar-refractivity contribution is 7.80. The van der Waals surface area contributed by atoms with Gasteiger partial charge in [-0.15, -0.1) is 0 Å². The van der Waals surface area contributed by atoms with Crippen LogP contribution in [-0.4, -0.2) is 48.1 Å². The number of anilines is 1. The SMILES string of the molecule is CN(C)CC1CCCN1c1cccnc1C(N)=S. The lowest BCUT2D eigenvalue weighted by Gasteiger charge is -2.30. The molecule has 1 saturated heterocycles. The second-order valence-electron chi connectivity index (χ2n) is 4.99. The van der Waals surface area contributed by atoms with Crippen molar-refractivity contribution in [1.29, 1.82) is 0 Å². The number of rotatable bonds is 4. The normalized spacial score (nSPS) is 19.5. The second-order valence-corrected chi connectivity index (χ2v) is 5.43. The average Bonchev–Trinajstić information content (AvgIpc) is 2.76. The molecule has 5 heteroatoms. The Labute approximate surface area is 114 Å². The van der Waals surface area contributed by atoms with Gasteiger partial charge in [0, 0.05) is 25.3 Å². The Bertz CT molecular complexity index is 433. The van der Waals surface area contributed by atoms with Crippen LogP contribution in [-0.2, 0) is 0 Å². The van der Waals surface area contributed by atoms with Crippen molar-refractivity contribution in [3.8, 4) is 0 Å². The van der Waals surface area contributed by atoms with Gasteiger partial charge in [-0.05, 0) is 39.1 Å². The lowest BCUT2D eigenvalue weighted by atomic mass is 10.2. The molecule has 1 fully saturated rings. The van der Waals surface area contributed by atoms with E-state index in [0.717, 1.165) is 24.5 Å². The molecule has 0 radical (unpaired) electrons. The second kappa shape index (κ2) is 5.63. The molecule has 2 rings (SSSR count). The molecule has 98 valence electrons. The maximum absolute atomic E-state index is 5.76. The van der Waals surface area contributed by atoms with Crippen LogP contribution in [0.25, 0.3) is 0 Å². The molecule has 4 nitrogen and oxygen atoms in total. The minimum absolute atomic E-state index is 0.376. The molecule has 0 spiro atoms. The molecule has 2 N–H and O–H groups in total. The summed E-state index contributed by atoms with van der Waals surface area (Å²) in [7, 11) is 4.21. The first-order valence-corrected chi connectivity index (χ1v) is 6.66. The largest absolute Gasteiger partial charge is 0.388 e. The van der Waals surface area contributed by atoms with Crippen LogP contribution in [0.4, 0.5) is 5.69 Å². The number of aromatic nitrogens is 1. The summed E-state index contributed by atoms with van der Waals surface area (Å²) in [6, 6.07) is 4.54. The van der Waals surface area contributed by atoms with Gasteiger partial charge in [0.1, 0.15) is 10.7 Å². The molecule has 0 aromatic carbocycles. The van der Waals surface area contributed by atoms with Crippen molar-refractivity contribution in [2.75, 3.05) is 32.1 Å². The first-order valence-electron chi connectivity index (χ1n) is 6.26. The summed E-state index contributed by atoms with van der Waals surface area (Å²) < 4.78 is 0. The average molecular weight is 264 g/mol. The summed E-state index contributed by atoms with van der Waals surface area (Å²) in [6.45, 7) is 2.10. The van der Waals surface area contributed by atoms with E-state index in [1.165, 1.54) is 12.8 Å². The van der Waals surface area contributed by atoms with Gasteiger partial charge in [-0.1, -0.05) is 12.2 Å². The van der Waals surface area contributed by atoms with E-state index < -0.39 is 0 Å². The summed E-state index contributed by atoms with van der Waals surface area (Å²) in [5, 5.41) is 0. The number of nitrogens with two attached hydrogens (primary N) is 1. The molecule has 1 aliphatic rings. The number of pyridine rings is 1. The predicted octanol–water partition coefficient (Wildman–Crippen LogP) is 1.25. The van der Waals surface area contributed by atoms with E-state index in [-0.39, 0.29) is 0 Å². The third-order valence-corrected chi connectivity index (χ3v) is 3.48. The molecule has 1 aromatic rings. The summed E-state index contributed by atoms with van der Waals surface area (Å²) in [6.07, 6.45) is 4.17. The minimum atomic E-state index is 0.376. The fourth-order valence-electron chi connectivity index (χ4n) is 2.58. The van der Waals surface area contributed by atoms with Gasteiger partial charge in [-0.2, -0.15) is 0 Å². The Balaban J connectivity index is 2.27. The molecule has 1 aromatic heterocycles. The van der Waals surface area contributed by atoms with E-state index >= 15 is 0 Å². The van der Waals surface area contributed by atoms with Gasteiger partial charge in [0.15, 0.2) is 0 Å². The Morgan fingerprint density at radius 2 is 2.39 bits per heavy atom. The van der Waals surface area contributed by atoms with E-state index in [1.54, 1.807) is 6.20 Å². The van der Waals surface area contributed by atoms with Crippen LogP contribution in [0.1, 0.15) is 18.5 Å². The fourth-order valence-corrected chi connectivity index (χ4v) is 2.74. The summed E-state index contributed by atoms with van der Waals surface area (Å²) >= 11 is 5.09. The van der Waals surface area contributed by atoms with Crippen molar-refractivity contribution in [3.05, 3.63) is 24.0 Å². The first kappa shape index (κ1) is 13.2. The minimum Gasteiger partial charge on any atom is -0.388 e. The summed E-state index contributed by atoms with van der Waals surface area (Å²) in [4.78, 5) is 9.30. The third kappa shape index (κ3) is 2.79. The van der Waals surface area contributed by atoms with E-state index in [0.29, 0.717) is 11.0 Å². The maximum atomic E-state index is 5.76. The molecule has 2 heterocycles. The molecule has 18 heavy (non-hydrogen) atoms. The zero-order valence-electron chi connectivity index (χ0n) is 11.0. The monoisotopic (exact) mass is 264 g/mol. The van der Waals surface area contributed by atoms with Crippen molar-refractivity contribution in [2.24, 2.45) is 5.73 Å². The molecular formula is C13H20N4S. The van der Waals surface area contributed by atoms with Crippen LogP contribution in [0.2, 0.25) is 0 Å². The van der Waals surface area contributed by atoms with Crippen LogP contribution >= 0.6 is 12.2 Å². The van der Waals surface area contributed by atoms with E-state index in [4.69, 9.17) is 18.0 Å². The highest BCUT2D eigenvalue weighted by Crippen LogP contribution is 2.27. The standard InChI is InChI=1S/C13H20N4S/c1-16(2)9-10-5-4-8-17(10)11-6-3-7-15-12(11)13(14)18/h3,6-7,10H,4-5,8-9H2,1-2H3,(H2,14,18). The number of nitrogens with zero attached hydrogens (tertiary/aromatic N) is 3. The van der Waals surface area contributed by atoms with Crippen LogP contribution < -0.4 is 10.6 Å². The number of hydrogen-bond donors (Lipinski definition) is 1. The highest BCUT2D eigenvalue weighted by atomic mass is 32.1. The third-order valence-electron chi connectivity index (χ3n) is 3.28. The van der Waals surface area contributed by atoms with E-state index in [1.807, 2.05) is 6.07 Å². The molecular weight excluding hydrogens is 244 g/mol. The van der Waals surface area contributed by atoms with Crippen molar-refractivity contribution in [3.63, 3.8) is 0 Å². The van der Waals surface area contributed by atoms with Gasteiger partial charge in [0.05, 0.1) is 5.69 Å². The van der Waals surface area contributed by atoms with Crippen LogP contribution in [0, 0.1) is 0 Å². The topological polar surface area (TPSA) is 45.4 Å². The van der Waals surface area contributed by atoms with Crippen LogP contribution in [0.5, 0.6) is 0 Å². The number of hydrogen-bond acceptors (Lipinski definition) is 4. The number of likely N-dealkylation sites (N-methyl/N-ethyl adjacent to an activating group) is 1. The molecule has 0 aliphatic carbocycles. The van der Waals surface area contributed by atoms with Gasteiger partial charge < -0.3 is 15.5 Å². The van der Waals surface area contributed by atoms with Gasteiger partial charge in [0.25, 0.3) is 0 Å². The van der Waals surface area contributed by atoms with Crippen LogP contribution in [0.3, 0.4) is 0 Å². The molecule has 0 bridgehead atoms. The van der Waals surface area contributed by atoms with Crippen molar-refractivity contribution in [2.45, 2.75) is 18.9 Å². The van der Waals surface area contributed by atoms with Gasteiger partial charge in [0.2, 0.25) is 0 Å². The molecule has 1 unspecified atom stereocenters. The first-order chi connectivity index (χ1) is 8.59. The Morgan fingerprint density at radius 3 is 3.06 bits per heavy atom. The maximum Gasteiger partial charge on any atom is 0.124 e. The summed E-state index contributed by atoms with van der Waals surface area (Å²) in [5.74, 6) is 0. The lowest BCUT2D eigenvalue weighted by Crippen LogP contribution is -2.38. The Hall–Kier alpha value is -1.20.